The van der Waals surface area contributed by atoms with Crippen LogP contribution in [0.4, 0.5) is 0 Å². The minimum atomic E-state index is -0.530. The fourth-order valence-electron chi connectivity index (χ4n) is 2.65. The number of hydrogen-bond donors (Lipinski definition) is 0. The van der Waals surface area contributed by atoms with E-state index < -0.39 is 5.97 Å². The Hall–Kier alpha value is -2.73. The summed E-state index contributed by atoms with van der Waals surface area (Å²) in [6.07, 6.45) is 1.08. The van der Waals surface area contributed by atoms with Crippen molar-refractivity contribution in [2.24, 2.45) is 0 Å². The van der Waals surface area contributed by atoms with E-state index in [1.54, 1.807) is 18.2 Å². The van der Waals surface area contributed by atoms with Crippen LogP contribution in [0.5, 0.6) is 17.2 Å². The molecule has 24 heavy (non-hydrogen) atoms. The lowest BCUT2D eigenvalue weighted by molar-refractivity contribution is 0.0660. The van der Waals surface area contributed by atoms with Crippen LogP contribution in [0.25, 0.3) is 0 Å². The Bertz CT molecular complexity index is 793. The minimum absolute atomic E-state index is 0. The third-order valence-electron chi connectivity index (χ3n) is 3.86. The summed E-state index contributed by atoms with van der Waals surface area (Å²) in [7, 11) is 1.48. The first kappa shape index (κ1) is 16.1. The van der Waals surface area contributed by atoms with Crippen molar-refractivity contribution in [3.05, 3.63) is 60.4 Å². The molecule has 5 nitrogen and oxygen atoms in total. The maximum Gasteiger partial charge on any atom is 0.346 e. The summed E-state index contributed by atoms with van der Waals surface area (Å²) < 4.78 is 21.5. The zero-order chi connectivity index (χ0) is 17.1. The molecule has 6 heteroatoms. The second kappa shape index (κ2) is 6.80. The van der Waals surface area contributed by atoms with Gasteiger partial charge in [-0.3, -0.25) is 0 Å². The minimum Gasteiger partial charge on any atom is -0.496 e. The molecular weight excluding hydrogens is 307 g/mol. The fraction of sp³-hybridized carbons (Fsp3) is 0.167. The van der Waals surface area contributed by atoms with E-state index in [9.17, 15) is 4.79 Å². The average Bonchev–Trinajstić information content (AvgIpc) is 2.95. The number of fused-ring (bicyclic) bond motifs is 1. The van der Waals surface area contributed by atoms with Crippen molar-refractivity contribution in [1.29, 1.82) is 0 Å². The van der Waals surface area contributed by atoms with Gasteiger partial charge in [-0.25, -0.2) is 4.79 Å². The number of rotatable bonds is 5. The Labute approximate surface area is 142 Å². The number of carbonyl (C=O) groups is 1. The van der Waals surface area contributed by atoms with Gasteiger partial charge in [0.1, 0.15) is 22.8 Å². The highest BCUT2D eigenvalue weighted by molar-refractivity contribution is 6.67. The highest BCUT2D eigenvalue weighted by Gasteiger charge is 2.23. The van der Waals surface area contributed by atoms with E-state index in [2.05, 4.69) is 6.58 Å². The molecule has 2 aromatic carbocycles. The largest absolute Gasteiger partial charge is 0.496 e. The summed E-state index contributed by atoms with van der Waals surface area (Å²) in [5, 5.41) is 0. The van der Waals surface area contributed by atoms with Crippen molar-refractivity contribution in [3.63, 3.8) is 0 Å². The molecule has 0 unspecified atom stereocenters. The van der Waals surface area contributed by atoms with E-state index in [4.69, 9.17) is 18.9 Å². The SMILES string of the molecule is C=COC(=O)c1ccc(Oc2ccc3c(c2)COB3C)cc1OC.[HH]. The molecule has 0 aromatic heterocycles. The predicted molar refractivity (Wildman–Crippen MR) is 93.3 cm³/mol. The van der Waals surface area contributed by atoms with Gasteiger partial charge in [0.05, 0.1) is 20.0 Å². The van der Waals surface area contributed by atoms with E-state index in [1.807, 2.05) is 25.0 Å². The highest BCUT2D eigenvalue weighted by atomic mass is 16.5. The molecule has 3 rings (SSSR count). The third kappa shape index (κ3) is 3.14. The number of carbonyl (C=O) groups excluding carboxylic acids is 1. The van der Waals surface area contributed by atoms with Crippen molar-refractivity contribution < 1.29 is 25.1 Å². The van der Waals surface area contributed by atoms with Gasteiger partial charge in [-0.05, 0) is 35.3 Å². The van der Waals surface area contributed by atoms with Gasteiger partial charge in [0.2, 0.25) is 0 Å². The Morgan fingerprint density at radius 1 is 1.29 bits per heavy atom. The zero-order valence-corrected chi connectivity index (χ0v) is 13.6. The van der Waals surface area contributed by atoms with Crippen LogP contribution in [0.15, 0.2) is 49.2 Å². The third-order valence-corrected chi connectivity index (χ3v) is 3.86. The second-order valence-electron chi connectivity index (χ2n) is 5.35. The second-order valence-corrected chi connectivity index (χ2v) is 5.35. The van der Waals surface area contributed by atoms with Crippen LogP contribution in [0.1, 0.15) is 17.3 Å². The standard InChI is InChI=1S/C18H17BO5.H2/c1-4-22-18(20)15-7-5-14(10-17(15)21-3)24-13-6-8-16-12(9-13)11-23-19(16)2;/h4-10H,1,11H2,2-3H3;1H. The molecule has 0 aliphatic carbocycles. The summed E-state index contributed by atoms with van der Waals surface area (Å²) in [6.45, 7) is 6.10. The first-order valence-corrected chi connectivity index (χ1v) is 7.54. The maximum atomic E-state index is 11.8. The van der Waals surface area contributed by atoms with Gasteiger partial charge in [0.25, 0.3) is 0 Å². The molecule has 0 saturated heterocycles. The Morgan fingerprint density at radius 2 is 2.04 bits per heavy atom. The van der Waals surface area contributed by atoms with Gasteiger partial charge < -0.3 is 18.9 Å². The Balaban J connectivity index is 0.00000225. The Kier molecular flexibility index (Phi) is 4.58. The quantitative estimate of drug-likeness (QED) is 0.479. The fourth-order valence-corrected chi connectivity index (χ4v) is 2.65. The van der Waals surface area contributed by atoms with Gasteiger partial charge in [-0.2, -0.15) is 0 Å². The van der Waals surface area contributed by atoms with Gasteiger partial charge in [0.15, 0.2) is 0 Å². The van der Waals surface area contributed by atoms with Gasteiger partial charge in [-0.15, -0.1) is 0 Å². The van der Waals surface area contributed by atoms with Crippen molar-refractivity contribution in [3.8, 4) is 17.2 Å². The molecule has 0 atom stereocenters. The van der Waals surface area contributed by atoms with Crippen molar-refractivity contribution in [2.45, 2.75) is 13.4 Å². The van der Waals surface area contributed by atoms with Crippen molar-refractivity contribution >= 4 is 18.3 Å². The summed E-state index contributed by atoms with van der Waals surface area (Å²) in [4.78, 5) is 11.8. The topological polar surface area (TPSA) is 54.0 Å². The normalized spacial score (nSPS) is 12.5. The van der Waals surface area contributed by atoms with Crippen LogP contribution >= 0.6 is 0 Å². The van der Waals surface area contributed by atoms with Gasteiger partial charge >= 0.3 is 12.9 Å². The number of hydrogen-bond acceptors (Lipinski definition) is 5. The summed E-state index contributed by atoms with van der Waals surface area (Å²) >= 11 is 0. The molecule has 1 aliphatic heterocycles. The summed E-state index contributed by atoms with van der Waals surface area (Å²) in [6, 6.07) is 10.8. The smallest absolute Gasteiger partial charge is 0.346 e. The van der Waals surface area contributed by atoms with E-state index in [-0.39, 0.29) is 8.34 Å². The maximum absolute atomic E-state index is 11.8. The van der Waals surface area contributed by atoms with Crippen LogP contribution in [0, 0.1) is 0 Å². The van der Waals surface area contributed by atoms with Crippen LogP contribution in [-0.2, 0) is 16.0 Å². The van der Waals surface area contributed by atoms with Crippen molar-refractivity contribution in [1.82, 2.24) is 0 Å². The van der Waals surface area contributed by atoms with E-state index in [1.165, 1.54) is 12.6 Å². The number of methoxy groups -OCH3 is 1. The molecule has 1 heterocycles. The lowest BCUT2D eigenvalue weighted by Gasteiger charge is -2.11. The zero-order valence-electron chi connectivity index (χ0n) is 13.6. The van der Waals surface area contributed by atoms with E-state index in [0.29, 0.717) is 29.4 Å². The monoisotopic (exact) mass is 326 g/mol. The Morgan fingerprint density at radius 3 is 2.79 bits per heavy atom. The lowest BCUT2D eigenvalue weighted by Crippen LogP contribution is -2.23. The molecule has 1 aliphatic rings. The molecule has 0 saturated carbocycles. The molecule has 0 radical (unpaired) electrons. The van der Waals surface area contributed by atoms with Crippen LogP contribution < -0.4 is 14.9 Å². The molecule has 0 spiro atoms. The summed E-state index contributed by atoms with van der Waals surface area (Å²) in [5.41, 5.74) is 2.61. The van der Waals surface area contributed by atoms with Gasteiger partial charge in [0, 0.05) is 7.49 Å². The van der Waals surface area contributed by atoms with E-state index >= 15 is 0 Å². The first-order chi connectivity index (χ1) is 11.6. The first-order valence-electron chi connectivity index (χ1n) is 7.54. The number of benzene rings is 2. The van der Waals surface area contributed by atoms with Gasteiger partial charge in [-0.1, -0.05) is 19.5 Å². The number of ether oxygens (including phenoxy) is 3. The number of esters is 1. The predicted octanol–water partition coefficient (Wildman–Crippen LogP) is 3.39. The van der Waals surface area contributed by atoms with E-state index in [0.717, 1.165) is 11.8 Å². The lowest BCUT2D eigenvalue weighted by atomic mass is 9.64. The molecule has 0 fully saturated rings. The average molecular weight is 326 g/mol. The summed E-state index contributed by atoms with van der Waals surface area (Å²) in [5.74, 6) is 1.11. The molecular formula is C18H19BO5. The molecule has 0 N–H and O–H groups in total. The molecule has 2 aromatic rings. The van der Waals surface area contributed by atoms with Crippen LogP contribution in [-0.4, -0.2) is 20.0 Å². The van der Waals surface area contributed by atoms with Crippen LogP contribution in [0.2, 0.25) is 6.82 Å². The molecule has 0 bridgehead atoms. The molecule has 124 valence electrons. The van der Waals surface area contributed by atoms with Crippen molar-refractivity contribution in [2.75, 3.05) is 7.11 Å². The molecule has 0 amide bonds. The van der Waals surface area contributed by atoms with Crippen LogP contribution in [0.3, 0.4) is 0 Å². The highest BCUT2D eigenvalue weighted by Crippen LogP contribution is 2.29.